The Balaban J connectivity index is 1.14. The van der Waals surface area contributed by atoms with Crippen molar-refractivity contribution in [2.24, 2.45) is 0 Å². The molecule has 0 radical (unpaired) electrons. The van der Waals surface area contributed by atoms with E-state index in [-0.39, 0.29) is 0 Å². The quantitative estimate of drug-likeness (QED) is 0.138. The van der Waals surface area contributed by atoms with Gasteiger partial charge in [-0.25, -0.2) is 0 Å². The van der Waals surface area contributed by atoms with Crippen LogP contribution in [0.15, 0.2) is 182 Å². The highest BCUT2D eigenvalue weighted by molar-refractivity contribution is 6.13. The van der Waals surface area contributed by atoms with E-state index in [2.05, 4.69) is 168 Å². The van der Waals surface area contributed by atoms with Crippen LogP contribution in [0.1, 0.15) is 16.7 Å². The summed E-state index contributed by atoms with van der Waals surface area (Å²) in [6.07, 6.45) is 8.42. The fourth-order valence-electron chi connectivity index (χ4n) is 8.47. The first-order valence-corrected chi connectivity index (χ1v) is 18.6. The van der Waals surface area contributed by atoms with E-state index in [9.17, 15) is 0 Å². The number of aromatic nitrogens is 2. The second kappa shape index (κ2) is 12.7. The maximum absolute atomic E-state index is 6.45. The molecule has 0 aliphatic carbocycles. The number of para-hydroxylation sites is 1. The van der Waals surface area contributed by atoms with Crippen molar-refractivity contribution in [2.75, 3.05) is 0 Å². The number of furan rings is 1. The average Bonchev–Trinajstić information content (AvgIpc) is 3.85. The number of allylic oxidation sites excluding steroid dienone is 3. The summed E-state index contributed by atoms with van der Waals surface area (Å²) in [5.74, 6) is 0. The normalized spacial score (nSPS) is 11.8. The van der Waals surface area contributed by atoms with E-state index in [0.717, 1.165) is 58.1 Å². The van der Waals surface area contributed by atoms with Crippen LogP contribution in [0.4, 0.5) is 0 Å². The van der Waals surface area contributed by atoms with Crippen molar-refractivity contribution in [3.8, 4) is 22.5 Å². The van der Waals surface area contributed by atoms with E-state index in [1.807, 2.05) is 18.2 Å². The summed E-state index contributed by atoms with van der Waals surface area (Å²) in [5.41, 5.74) is 14.9. The van der Waals surface area contributed by atoms with Gasteiger partial charge in [-0.3, -0.25) is 0 Å². The molecule has 3 aromatic heterocycles. The third-order valence-corrected chi connectivity index (χ3v) is 10.9. The molecule has 258 valence electrons. The van der Waals surface area contributed by atoms with E-state index < -0.39 is 0 Å². The van der Waals surface area contributed by atoms with Gasteiger partial charge in [-0.1, -0.05) is 66.8 Å². The van der Waals surface area contributed by atoms with Crippen LogP contribution in [0, 0.1) is 0 Å². The molecule has 0 unspecified atom stereocenters. The molecule has 10 aromatic rings. The van der Waals surface area contributed by atoms with E-state index in [1.54, 1.807) is 0 Å². The molecule has 3 heteroatoms. The molecule has 3 nitrogen and oxygen atoms in total. The van der Waals surface area contributed by atoms with Crippen molar-refractivity contribution in [3.05, 3.63) is 194 Å². The Morgan fingerprint density at radius 2 is 0.815 bits per heavy atom. The van der Waals surface area contributed by atoms with E-state index in [0.29, 0.717) is 0 Å². The van der Waals surface area contributed by atoms with Crippen molar-refractivity contribution in [1.29, 1.82) is 0 Å². The van der Waals surface area contributed by atoms with Crippen molar-refractivity contribution in [1.82, 2.24) is 9.13 Å². The highest BCUT2D eigenvalue weighted by Gasteiger charge is 2.18. The molecule has 0 saturated carbocycles. The number of hydrogen-bond donors (Lipinski definition) is 0. The summed E-state index contributed by atoms with van der Waals surface area (Å²) in [7, 11) is 0. The second-order valence-electron chi connectivity index (χ2n) is 14.3. The van der Waals surface area contributed by atoms with E-state index >= 15 is 0 Å². The highest BCUT2D eigenvalue weighted by atomic mass is 16.3. The third-order valence-electron chi connectivity index (χ3n) is 10.9. The van der Waals surface area contributed by atoms with Crippen molar-refractivity contribution in [2.45, 2.75) is 19.3 Å². The summed E-state index contributed by atoms with van der Waals surface area (Å²) in [6, 6.07) is 51.0. The van der Waals surface area contributed by atoms with Crippen LogP contribution in [0.25, 0.3) is 88.1 Å². The summed E-state index contributed by atoms with van der Waals surface area (Å²) in [5, 5.41) is 7.17. The maximum atomic E-state index is 6.45. The van der Waals surface area contributed by atoms with Crippen LogP contribution >= 0.6 is 0 Å². The van der Waals surface area contributed by atoms with E-state index in [1.165, 1.54) is 65.9 Å². The van der Waals surface area contributed by atoms with Crippen LogP contribution in [0.5, 0.6) is 0 Å². The topological polar surface area (TPSA) is 23.0 Å². The van der Waals surface area contributed by atoms with Crippen LogP contribution < -0.4 is 0 Å². The lowest BCUT2D eigenvalue weighted by atomic mass is 10.00. The molecule has 10 rings (SSSR count). The fraction of sp³-hybridized carbons (Fsp3) is 0.0588. The highest BCUT2D eigenvalue weighted by Crippen LogP contribution is 2.40. The average molecular weight is 695 g/mol. The number of rotatable bonds is 9. The van der Waals surface area contributed by atoms with Crippen LogP contribution in [0.3, 0.4) is 0 Å². The predicted octanol–water partition coefficient (Wildman–Crippen LogP) is 13.6. The fourth-order valence-corrected chi connectivity index (χ4v) is 8.47. The minimum absolute atomic E-state index is 0.834. The number of nitrogens with zero attached hydrogens (tertiary/aromatic N) is 2. The minimum atomic E-state index is 0.834. The summed E-state index contributed by atoms with van der Waals surface area (Å²) in [6.45, 7) is 12.0. The first kappa shape index (κ1) is 31.9. The van der Waals surface area contributed by atoms with Gasteiger partial charge >= 0.3 is 0 Å². The molecule has 54 heavy (non-hydrogen) atoms. The molecule has 7 aromatic carbocycles. The Morgan fingerprint density at radius 3 is 1.35 bits per heavy atom. The molecule has 0 N–H and O–H groups in total. The number of hydrogen-bond acceptors (Lipinski definition) is 1. The standard InChI is InChI=1S/C51H38N2O/c1-4-10-33-16-22-47-40(27-33)41-28-34(11-5-2)17-23-48(41)53(47)39-20-26-51-45(32-39)44-31-37(19-25-50(44)54-51)36-18-24-49-43(30-36)42-29-35(12-6-3)15-21-46(42)52(49)38-13-8-7-9-14-38/h4-9,13-32H,1-3,10-12H2. The molecular weight excluding hydrogens is 657 g/mol. The summed E-state index contributed by atoms with van der Waals surface area (Å²) in [4.78, 5) is 0. The maximum Gasteiger partial charge on any atom is 0.135 e. The Labute approximate surface area is 314 Å². The van der Waals surface area contributed by atoms with Gasteiger partial charge in [0.25, 0.3) is 0 Å². The second-order valence-corrected chi connectivity index (χ2v) is 14.3. The predicted molar refractivity (Wildman–Crippen MR) is 230 cm³/mol. The largest absolute Gasteiger partial charge is 0.456 e. The molecule has 0 saturated heterocycles. The number of benzene rings is 7. The Bertz CT molecular complexity index is 3060. The van der Waals surface area contributed by atoms with Gasteiger partial charge in [-0.2, -0.15) is 0 Å². The smallest absolute Gasteiger partial charge is 0.135 e. The molecule has 0 aliphatic rings. The Kier molecular flexibility index (Phi) is 7.48. The van der Waals surface area contributed by atoms with Gasteiger partial charge in [0.2, 0.25) is 0 Å². The lowest BCUT2D eigenvalue weighted by molar-refractivity contribution is 0.669. The van der Waals surface area contributed by atoms with Gasteiger partial charge in [0, 0.05) is 43.7 Å². The zero-order chi connectivity index (χ0) is 36.3. The lowest BCUT2D eigenvalue weighted by Gasteiger charge is -2.09. The van der Waals surface area contributed by atoms with Gasteiger partial charge in [-0.15, -0.1) is 19.7 Å². The number of fused-ring (bicyclic) bond motifs is 9. The minimum Gasteiger partial charge on any atom is -0.456 e. The summed E-state index contributed by atoms with van der Waals surface area (Å²) < 4.78 is 11.2. The molecule has 0 spiro atoms. The first-order chi connectivity index (χ1) is 26.6. The van der Waals surface area contributed by atoms with Crippen molar-refractivity contribution >= 4 is 65.6 Å². The monoisotopic (exact) mass is 694 g/mol. The molecule has 0 atom stereocenters. The van der Waals surface area contributed by atoms with Crippen LogP contribution in [0.2, 0.25) is 0 Å². The molecule has 0 aliphatic heterocycles. The van der Waals surface area contributed by atoms with Crippen LogP contribution in [-0.4, -0.2) is 9.13 Å². The lowest BCUT2D eigenvalue weighted by Crippen LogP contribution is -1.94. The van der Waals surface area contributed by atoms with Crippen molar-refractivity contribution in [3.63, 3.8) is 0 Å². The summed E-state index contributed by atoms with van der Waals surface area (Å²) >= 11 is 0. The van der Waals surface area contributed by atoms with Crippen LogP contribution in [-0.2, 0) is 19.3 Å². The van der Waals surface area contributed by atoms with Gasteiger partial charge in [0.1, 0.15) is 11.2 Å². The third kappa shape index (κ3) is 5.04. The Hall–Kier alpha value is -6.84. The van der Waals surface area contributed by atoms with Crippen molar-refractivity contribution < 1.29 is 4.42 Å². The zero-order valence-electron chi connectivity index (χ0n) is 30.1. The molecule has 0 bridgehead atoms. The van der Waals surface area contributed by atoms with Gasteiger partial charge < -0.3 is 13.6 Å². The van der Waals surface area contributed by atoms with Gasteiger partial charge in [0.05, 0.1) is 22.1 Å². The van der Waals surface area contributed by atoms with E-state index in [4.69, 9.17) is 4.42 Å². The molecule has 3 heterocycles. The zero-order valence-corrected chi connectivity index (χ0v) is 30.1. The molecule has 0 amide bonds. The first-order valence-electron chi connectivity index (χ1n) is 18.6. The van der Waals surface area contributed by atoms with Gasteiger partial charge in [-0.05, 0) is 138 Å². The Morgan fingerprint density at radius 1 is 0.389 bits per heavy atom. The SMILES string of the molecule is C=CCc1ccc2c(c1)c1cc(CC=C)ccc1n2-c1ccc2oc3ccc(-c4ccc5c(c4)c4cc(CC=C)ccc4n5-c4ccccc4)cc3c2c1. The molecule has 0 fully saturated rings. The van der Waals surface area contributed by atoms with Gasteiger partial charge in [0.15, 0.2) is 0 Å². The molecular formula is C51H38N2O.